The number of fused-ring (bicyclic) bond motifs is 1. The molecule has 230 valence electrons. The first-order valence-corrected chi connectivity index (χ1v) is 16.7. The van der Waals surface area contributed by atoms with Crippen molar-refractivity contribution >= 4 is 73.1 Å². The quantitative estimate of drug-likeness (QED) is 0.165. The van der Waals surface area contributed by atoms with E-state index in [1.165, 1.54) is 11.3 Å². The molecule has 0 spiro atoms. The third-order valence-electron chi connectivity index (χ3n) is 6.93. The SMILES string of the molecule is CCOC(=O)c1c(NC(=O)CN2C(=O)SC(=Cc3cc(Br)c(OCc4ccccc4)c(OCC)c3)C2=O)sc2c1CCCC2. The second-order valence-corrected chi connectivity index (χ2v) is 12.9. The number of hydrogen-bond donors (Lipinski definition) is 1. The van der Waals surface area contributed by atoms with Crippen LogP contribution < -0.4 is 14.8 Å². The maximum absolute atomic E-state index is 13.2. The first-order chi connectivity index (χ1) is 21.3. The van der Waals surface area contributed by atoms with Crippen molar-refractivity contribution in [3.63, 3.8) is 0 Å². The van der Waals surface area contributed by atoms with E-state index in [-0.39, 0.29) is 11.5 Å². The number of ether oxygens (including phenoxy) is 3. The third kappa shape index (κ3) is 7.19. The highest BCUT2D eigenvalue weighted by molar-refractivity contribution is 9.10. The number of anilines is 1. The van der Waals surface area contributed by atoms with Crippen LogP contribution in [0.5, 0.6) is 11.5 Å². The number of thiophene rings is 1. The van der Waals surface area contributed by atoms with Gasteiger partial charge in [0.1, 0.15) is 18.2 Å². The molecule has 1 aliphatic carbocycles. The lowest BCUT2D eigenvalue weighted by Crippen LogP contribution is -2.36. The predicted molar refractivity (Wildman–Crippen MR) is 174 cm³/mol. The van der Waals surface area contributed by atoms with E-state index >= 15 is 0 Å². The summed E-state index contributed by atoms with van der Waals surface area (Å²) in [5.74, 6) is -0.622. The molecule has 2 aliphatic rings. The molecule has 0 saturated carbocycles. The lowest BCUT2D eigenvalue weighted by molar-refractivity contribution is -0.127. The van der Waals surface area contributed by atoms with Gasteiger partial charge in [0.15, 0.2) is 11.5 Å². The van der Waals surface area contributed by atoms with E-state index in [0.29, 0.717) is 45.3 Å². The average Bonchev–Trinajstić information content (AvgIpc) is 3.49. The van der Waals surface area contributed by atoms with Crippen molar-refractivity contribution in [3.05, 3.63) is 79.0 Å². The number of amides is 3. The number of nitrogens with one attached hydrogen (secondary N) is 1. The number of halogens is 1. The van der Waals surface area contributed by atoms with Crippen LogP contribution in [0.15, 0.2) is 51.8 Å². The molecule has 0 unspecified atom stereocenters. The molecule has 1 fully saturated rings. The van der Waals surface area contributed by atoms with Crippen LogP contribution in [-0.4, -0.2) is 47.7 Å². The normalized spacial score (nSPS) is 15.3. The summed E-state index contributed by atoms with van der Waals surface area (Å²) in [6, 6.07) is 13.3. The summed E-state index contributed by atoms with van der Waals surface area (Å²) in [6.45, 7) is 4.06. The number of aryl methyl sites for hydroxylation is 1. The van der Waals surface area contributed by atoms with E-state index in [1.54, 1.807) is 25.1 Å². The van der Waals surface area contributed by atoms with Crippen LogP contribution in [0.3, 0.4) is 0 Å². The number of thioether (sulfide) groups is 1. The molecule has 2 aromatic carbocycles. The van der Waals surface area contributed by atoms with Crippen molar-refractivity contribution in [2.24, 2.45) is 0 Å². The molecular formula is C32H31BrN2O7S2. The zero-order chi connectivity index (χ0) is 31.2. The monoisotopic (exact) mass is 698 g/mol. The Morgan fingerprint density at radius 1 is 1.05 bits per heavy atom. The van der Waals surface area contributed by atoms with E-state index < -0.39 is 29.6 Å². The van der Waals surface area contributed by atoms with Crippen LogP contribution in [0, 0.1) is 0 Å². The van der Waals surface area contributed by atoms with Crippen LogP contribution in [-0.2, 0) is 33.8 Å². The Hall–Kier alpha value is -3.61. The fraction of sp³-hybridized carbons (Fsp3) is 0.312. The molecule has 3 aromatic rings. The number of benzene rings is 2. The highest BCUT2D eigenvalue weighted by Gasteiger charge is 2.37. The van der Waals surface area contributed by atoms with Crippen LogP contribution in [0.25, 0.3) is 6.08 Å². The van der Waals surface area contributed by atoms with Crippen LogP contribution >= 0.6 is 39.0 Å². The minimum atomic E-state index is -0.579. The highest BCUT2D eigenvalue weighted by atomic mass is 79.9. The molecule has 12 heteroatoms. The third-order valence-corrected chi connectivity index (χ3v) is 9.64. The van der Waals surface area contributed by atoms with E-state index in [0.717, 1.165) is 58.3 Å². The molecule has 1 saturated heterocycles. The zero-order valence-corrected chi connectivity index (χ0v) is 27.5. The Morgan fingerprint density at radius 2 is 1.82 bits per heavy atom. The van der Waals surface area contributed by atoms with Gasteiger partial charge in [0.05, 0.1) is 28.2 Å². The maximum atomic E-state index is 13.2. The number of carbonyl (C=O) groups is 4. The molecule has 0 bridgehead atoms. The minimum absolute atomic E-state index is 0.175. The summed E-state index contributed by atoms with van der Waals surface area (Å²) in [5.41, 5.74) is 2.91. The van der Waals surface area contributed by atoms with E-state index in [9.17, 15) is 19.2 Å². The maximum Gasteiger partial charge on any atom is 0.341 e. The summed E-state index contributed by atoms with van der Waals surface area (Å²) < 4.78 is 17.7. The number of hydrogen-bond acceptors (Lipinski definition) is 9. The van der Waals surface area contributed by atoms with Gasteiger partial charge in [-0.05, 0) is 102 Å². The molecular weight excluding hydrogens is 668 g/mol. The van der Waals surface area contributed by atoms with Crippen LogP contribution in [0.2, 0.25) is 0 Å². The second-order valence-electron chi connectivity index (χ2n) is 9.99. The van der Waals surface area contributed by atoms with Gasteiger partial charge < -0.3 is 19.5 Å². The number of nitrogens with zero attached hydrogens (tertiary/aromatic N) is 1. The van der Waals surface area contributed by atoms with Gasteiger partial charge in [0.2, 0.25) is 5.91 Å². The molecule has 9 nitrogen and oxygen atoms in total. The van der Waals surface area contributed by atoms with Gasteiger partial charge in [-0.3, -0.25) is 19.3 Å². The molecule has 2 heterocycles. The number of esters is 1. The van der Waals surface area contributed by atoms with Crippen LogP contribution in [0.1, 0.15) is 58.6 Å². The zero-order valence-electron chi connectivity index (χ0n) is 24.3. The molecule has 1 aliphatic heterocycles. The van der Waals surface area contributed by atoms with Gasteiger partial charge in [-0.2, -0.15) is 0 Å². The Labute approximate surface area is 272 Å². The minimum Gasteiger partial charge on any atom is -0.490 e. The standard InChI is InChI=1S/C32H31BrN2O7S2/c1-3-40-23-15-20(14-22(33)28(23)42-18-19-10-6-5-7-11-19)16-25-30(37)35(32(39)44-25)17-26(36)34-29-27(31(38)41-4-2)21-12-8-9-13-24(21)43-29/h5-7,10-11,14-16H,3-4,8-9,12-13,17-18H2,1-2H3,(H,34,36). The summed E-state index contributed by atoms with van der Waals surface area (Å²) in [5, 5.41) is 2.60. The predicted octanol–water partition coefficient (Wildman–Crippen LogP) is 7.22. The lowest BCUT2D eigenvalue weighted by atomic mass is 9.95. The number of imide groups is 1. The van der Waals surface area contributed by atoms with Crippen molar-refractivity contribution in [2.45, 2.75) is 46.1 Å². The summed E-state index contributed by atoms with van der Waals surface area (Å²) in [4.78, 5) is 54.0. The second kappa shape index (κ2) is 14.4. The van der Waals surface area contributed by atoms with Gasteiger partial charge in [-0.25, -0.2) is 4.79 Å². The first kappa shape index (κ1) is 31.8. The van der Waals surface area contributed by atoms with Crippen molar-refractivity contribution in [2.75, 3.05) is 25.1 Å². The van der Waals surface area contributed by atoms with E-state index in [2.05, 4.69) is 21.2 Å². The Balaban J connectivity index is 1.30. The molecule has 0 atom stereocenters. The molecule has 1 aromatic heterocycles. The molecule has 5 rings (SSSR count). The molecule has 1 N–H and O–H groups in total. The summed E-state index contributed by atoms with van der Waals surface area (Å²) >= 11 is 5.66. The Kier molecular flexibility index (Phi) is 10.4. The summed E-state index contributed by atoms with van der Waals surface area (Å²) in [6.07, 6.45) is 5.13. The van der Waals surface area contributed by atoms with E-state index in [4.69, 9.17) is 14.2 Å². The van der Waals surface area contributed by atoms with E-state index in [1.807, 2.05) is 37.3 Å². The van der Waals surface area contributed by atoms with Gasteiger partial charge >= 0.3 is 5.97 Å². The van der Waals surface area contributed by atoms with Crippen molar-refractivity contribution in [1.82, 2.24) is 4.90 Å². The van der Waals surface area contributed by atoms with Crippen molar-refractivity contribution in [3.8, 4) is 11.5 Å². The number of carbonyl (C=O) groups excluding carboxylic acids is 4. The molecule has 44 heavy (non-hydrogen) atoms. The van der Waals surface area contributed by atoms with Gasteiger partial charge in [-0.15, -0.1) is 11.3 Å². The number of rotatable bonds is 11. The fourth-order valence-corrected chi connectivity index (χ4v) is 7.68. The van der Waals surface area contributed by atoms with Gasteiger partial charge in [0.25, 0.3) is 11.1 Å². The topological polar surface area (TPSA) is 111 Å². The van der Waals surface area contributed by atoms with Crippen molar-refractivity contribution < 1.29 is 33.4 Å². The first-order valence-electron chi connectivity index (χ1n) is 14.3. The summed E-state index contributed by atoms with van der Waals surface area (Å²) in [7, 11) is 0. The molecule has 3 amide bonds. The Bertz CT molecular complexity index is 1620. The smallest absolute Gasteiger partial charge is 0.341 e. The van der Waals surface area contributed by atoms with Gasteiger partial charge in [-0.1, -0.05) is 30.3 Å². The van der Waals surface area contributed by atoms with Gasteiger partial charge in [0, 0.05) is 4.88 Å². The van der Waals surface area contributed by atoms with Crippen LogP contribution in [0.4, 0.5) is 9.80 Å². The lowest BCUT2D eigenvalue weighted by Gasteiger charge is -2.15. The molecule has 0 radical (unpaired) electrons. The Morgan fingerprint density at radius 3 is 2.57 bits per heavy atom. The fourth-order valence-electron chi connectivity index (χ4n) is 4.97. The average molecular weight is 700 g/mol. The highest BCUT2D eigenvalue weighted by Crippen LogP contribution is 2.41. The van der Waals surface area contributed by atoms with Crippen molar-refractivity contribution in [1.29, 1.82) is 0 Å². The largest absolute Gasteiger partial charge is 0.490 e.